The molecule has 0 aromatic heterocycles. The molecule has 19 atom stereocenters. The summed E-state index contributed by atoms with van der Waals surface area (Å²) in [7, 11) is 0. The fourth-order valence-electron chi connectivity index (χ4n) is 24.7. The van der Waals surface area contributed by atoms with E-state index in [1.54, 1.807) is 24.3 Å². The number of cyclic esters (lactones) is 1. The van der Waals surface area contributed by atoms with Gasteiger partial charge in [0.25, 0.3) is 0 Å². The molecule has 1 aliphatic heterocycles. The molecule has 672 valence electrons. The predicted octanol–water partition coefficient (Wildman–Crippen LogP) is 13.8. The number of fused-ring (bicyclic) bond motifs is 7. The topological polar surface area (TPSA) is 383 Å². The van der Waals surface area contributed by atoms with Crippen molar-refractivity contribution in [3.63, 3.8) is 0 Å². The number of aliphatic hydroxyl groups excluding tert-OH is 3. The van der Waals surface area contributed by atoms with Crippen LogP contribution in [0.5, 0.6) is 0 Å². The summed E-state index contributed by atoms with van der Waals surface area (Å²) in [5, 5.41) is 74.1. The van der Waals surface area contributed by atoms with Gasteiger partial charge in [-0.15, -0.1) is 0 Å². The Morgan fingerprint density at radius 2 is 0.950 bits per heavy atom. The quantitative estimate of drug-likeness (QED) is 0.0179. The van der Waals surface area contributed by atoms with E-state index in [9.17, 15) is 93.3 Å². The third-order valence-electron chi connectivity index (χ3n) is 30.5. The molecule has 0 radical (unpaired) electrons. The molecule has 0 spiro atoms. The standard InChI is InChI=1S/C17H24O5.C17H28O5.C17H24O5.C15H22O4.C15H22O2.C9H8O.C8H14O/c1-10(18)22-12-8-11-14(19)21-9-17(11,20)16(4)7-5-6-15(2,3)13(12)16;2*1-11(20)22-13-8-12(9-18)17(21,10-19)16(4)7-5-6-15(2,3)14(13)16;1-13(2)5-4-6-14(3)12(13)11(18)7-10(8-16)15(14,19)9-17;1-14(2)7-4-8-15(3)12(10-17)11(9-16)5-6-13(14)15;10-8-4-7-9-5-2-1-3-6-9;1-2-3-4-5-6-7-8-9/h8,12-13,20H,5-7,9H2,1-4H3;8,13-14,18-19,21H,5-7,9-10H2,1-4H3;8-10,13-14,21H,5-7H2,1-4H3;7-9,11-12,18-19H,4-6H2,1-3H3;5,9-10,12-13H,4,6-8H2,1-3H3;1-8H;6-8H,2-5H2,1H3/b;;;;;7-4+;7-6+/t12-,13?,16+,17+;2*13-,14?,16+,17+;11-,12?,14+,15+;12-,13?,15+;;/m11110../s1. The fourth-order valence-corrected chi connectivity index (χ4v) is 24.7. The van der Waals surface area contributed by atoms with Crippen molar-refractivity contribution in [3.8, 4) is 0 Å². The SMILES string of the molecule is CC(=O)O[C@@H]1C=C(C=O)[C@@](O)(C=O)[C@@]2(C)CCCC(C)(C)C12.CC(=O)O[C@@H]1C=C(CO)[C@@](O)(CO)[C@@]2(C)CCCC(C)(C)C12.CC(=O)O[C@@H]1C=C2C(=O)OC[C@@]2(O)[C@@]2(C)CCCC(C)(C)C12.CC1(C)CCC[C@@]2(C)C1CC=C(C=O)[C@@H]2C=O.CC1(C)CCC[C@@]2(C)C1[C@H](O)C=C(C=O)[C@@]2(O)C=O.CCCCC/C=C/C=O.O=C/C=C/c1ccccc1. The number of esters is 4. The largest absolute Gasteiger partial charge is 0.459 e. The summed E-state index contributed by atoms with van der Waals surface area (Å²) in [6.45, 7) is 36.5. The van der Waals surface area contributed by atoms with Crippen molar-refractivity contribution < 1.29 is 112 Å². The summed E-state index contributed by atoms with van der Waals surface area (Å²) in [6.07, 6.45) is 37.0. The van der Waals surface area contributed by atoms with Gasteiger partial charge in [0, 0.05) is 83.2 Å². The van der Waals surface area contributed by atoms with Gasteiger partial charge in [0.1, 0.15) is 73.8 Å². The first-order valence-corrected chi connectivity index (χ1v) is 43.5. The van der Waals surface area contributed by atoms with E-state index >= 15 is 0 Å². The summed E-state index contributed by atoms with van der Waals surface area (Å²) >= 11 is 0. The zero-order valence-electron chi connectivity index (χ0n) is 75.4. The van der Waals surface area contributed by atoms with Crippen LogP contribution in [0, 0.1) is 89.7 Å². The second kappa shape index (κ2) is 40.6. The fraction of sp³-hybridized carbons (Fsp3) is 0.673. The zero-order chi connectivity index (χ0) is 91.2. The molecule has 7 N–H and O–H groups in total. The van der Waals surface area contributed by atoms with Crippen molar-refractivity contribution in [2.75, 3.05) is 19.8 Å². The summed E-state index contributed by atoms with van der Waals surface area (Å²) < 4.78 is 21.6. The average Bonchev–Trinajstić information content (AvgIpc) is 1.43. The van der Waals surface area contributed by atoms with Gasteiger partial charge in [-0.25, -0.2) is 4.79 Å². The number of allylic oxidation sites excluding steroid dienone is 5. The Morgan fingerprint density at radius 3 is 1.40 bits per heavy atom. The van der Waals surface area contributed by atoms with Gasteiger partial charge in [0.05, 0.1) is 24.9 Å². The van der Waals surface area contributed by atoms with Crippen molar-refractivity contribution in [3.05, 3.63) is 112 Å². The first kappa shape index (κ1) is 102. The molecule has 1 aromatic carbocycles. The van der Waals surface area contributed by atoms with Crippen LogP contribution < -0.4 is 0 Å². The van der Waals surface area contributed by atoms with Gasteiger partial charge in [0.2, 0.25) is 0 Å². The molecule has 5 saturated carbocycles. The molecule has 10 aliphatic carbocycles. The van der Waals surface area contributed by atoms with Crippen LogP contribution in [0.25, 0.3) is 6.08 Å². The van der Waals surface area contributed by atoms with E-state index in [-0.39, 0.29) is 104 Å². The monoisotopic (exact) mass is 1690 g/mol. The first-order chi connectivity index (χ1) is 56.4. The number of aliphatic hydroxyl groups is 7. The van der Waals surface area contributed by atoms with Gasteiger partial charge in [-0.3, -0.25) is 47.9 Å². The lowest BCUT2D eigenvalue weighted by Crippen LogP contribution is -2.65. The Morgan fingerprint density at radius 1 is 0.512 bits per heavy atom. The number of hydrogen-bond acceptors (Lipinski definition) is 23. The highest BCUT2D eigenvalue weighted by Crippen LogP contribution is 2.67. The molecule has 1 heterocycles. The molecule has 23 nitrogen and oxygen atoms in total. The highest BCUT2D eigenvalue weighted by Gasteiger charge is 2.70. The van der Waals surface area contributed by atoms with Crippen molar-refractivity contribution in [1.82, 2.24) is 0 Å². The van der Waals surface area contributed by atoms with Crippen LogP contribution in [-0.2, 0) is 76.5 Å². The summed E-state index contributed by atoms with van der Waals surface area (Å²) in [4.78, 5) is 134. The van der Waals surface area contributed by atoms with Crippen LogP contribution in [0.15, 0.2) is 107 Å². The van der Waals surface area contributed by atoms with Gasteiger partial charge in [-0.1, -0.05) is 204 Å². The minimum absolute atomic E-state index is 0.00641. The number of hydrogen-bond donors (Lipinski definition) is 7. The maximum atomic E-state index is 12.0. The minimum Gasteiger partial charge on any atom is -0.459 e. The molecule has 1 saturated heterocycles. The lowest BCUT2D eigenvalue weighted by molar-refractivity contribution is -0.199. The van der Waals surface area contributed by atoms with Gasteiger partial charge >= 0.3 is 23.9 Å². The smallest absolute Gasteiger partial charge is 0.337 e. The van der Waals surface area contributed by atoms with Crippen LogP contribution in [-0.4, -0.2) is 177 Å². The number of unbranched alkanes of at least 4 members (excludes halogenated alkanes) is 3. The average molecular weight is 1690 g/mol. The summed E-state index contributed by atoms with van der Waals surface area (Å²) in [5.74, 6) is -2.02. The number of aldehydes is 8. The van der Waals surface area contributed by atoms with Crippen LogP contribution in [0.2, 0.25) is 0 Å². The Bertz CT molecular complexity index is 4100. The third kappa shape index (κ3) is 20.5. The van der Waals surface area contributed by atoms with Crippen LogP contribution in [0.1, 0.15) is 266 Å². The van der Waals surface area contributed by atoms with Gasteiger partial charge in [-0.05, 0) is 175 Å². The molecule has 0 amide bonds. The molecule has 6 fully saturated rings. The van der Waals surface area contributed by atoms with E-state index in [1.165, 1.54) is 64.7 Å². The van der Waals surface area contributed by atoms with Gasteiger partial charge < -0.3 is 59.5 Å². The van der Waals surface area contributed by atoms with E-state index in [1.807, 2.05) is 84.0 Å². The molecule has 121 heavy (non-hydrogen) atoms. The Kier molecular flexibility index (Phi) is 34.2. The maximum Gasteiger partial charge on any atom is 0.337 e. The molecule has 5 unspecified atom stereocenters. The molecule has 1 aromatic rings. The number of rotatable bonds is 18. The van der Waals surface area contributed by atoms with Crippen molar-refractivity contribution in [1.29, 1.82) is 0 Å². The first-order valence-electron chi connectivity index (χ1n) is 43.5. The summed E-state index contributed by atoms with van der Waals surface area (Å²) in [6, 6.07) is 9.70. The molecule has 0 bridgehead atoms. The molecule has 12 rings (SSSR count). The molecular weight excluding hydrogens is 1550 g/mol. The maximum absolute atomic E-state index is 12.0. The van der Waals surface area contributed by atoms with Crippen molar-refractivity contribution in [2.45, 2.75) is 307 Å². The van der Waals surface area contributed by atoms with Crippen molar-refractivity contribution >= 4 is 80.2 Å². The van der Waals surface area contributed by atoms with E-state index < -0.39 is 87.0 Å². The van der Waals surface area contributed by atoms with E-state index in [0.29, 0.717) is 61.5 Å². The third-order valence-corrected chi connectivity index (χ3v) is 30.5. The number of benzene rings is 1. The van der Waals surface area contributed by atoms with Gasteiger partial charge in [-0.2, -0.15) is 0 Å². The Balaban J connectivity index is 0.000000223. The summed E-state index contributed by atoms with van der Waals surface area (Å²) in [5.41, 5.74) is -7.32. The zero-order valence-corrected chi connectivity index (χ0v) is 75.4. The Hall–Kier alpha value is -7.64. The number of carbonyl (C=O) groups excluding carboxylic acids is 12. The highest BCUT2D eigenvalue weighted by atomic mass is 16.6. The predicted molar refractivity (Wildman–Crippen MR) is 460 cm³/mol. The highest BCUT2D eigenvalue weighted by molar-refractivity contribution is 5.94. The molecule has 23 heteroatoms. The number of ether oxygens (including phenoxy) is 4. The van der Waals surface area contributed by atoms with E-state index in [0.717, 1.165) is 114 Å². The lowest BCUT2D eigenvalue weighted by atomic mass is 9.46. The molecule has 11 aliphatic rings. The van der Waals surface area contributed by atoms with Crippen LogP contribution >= 0.6 is 0 Å². The Labute approximate surface area is 717 Å². The van der Waals surface area contributed by atoms with Crippen molar-refractivity contribution in [2.24, 2.45) is 89.7 Å². The number of carbonyl (C=O) groups is 12. The van der Waals surface area contributed by atoms with Crippen LogP contribution in [0.4, 0.5) is 0 Å². The van der Waals surface area contributed by atoms with Gasteiger partial charge in [0.15, 0.2) is 23.8 Å². The normalized spacial score (nSPS) is 36.7. The second-order valence-electron chi connectivity index (χ2n) is 40.3. The second-order valence-corrected chi connectivity index (χ2v) is 40.3. The van der Waals surface area contributed by atoms with E-state index in [4.69, 9.17) is 18.9 Å². The van der Waals surface area contributed by atoms with E-state index in [2.05, 4.69) is 69.2 Å². The lowest BCUT2D eigenvalue weighted by Gasteiger charge is -2.61. The minimum atomic E-state index is -1.84. The molecular formula is C98H142O23. The van der Waals surface area contributed by atoms with Crippen LogP contribution in [0.3, 0.4) is 0 Å².